The molecule has 0 saturated carbocycles. The average molecular weight is 588 g/mol. The minimum Gasteiger partial charge on any atom is -0.352 e. The first-order valence-corrected chi connectivity index (χ1v) is 14.8. The van der Waals surface area contributed by atoms with Gasteiger partial charge in [0.25, 0.3) is 0 Å². The number of hydrogen-bond donors (Lipinski definition) is 1. The quantitative estimate of drug-likeness (QED) is 0.182. The highest BCUT2D eigenvalue weighted by atomic mass is 35.5. The summed E-state index contributed by atoms with van der Waals surface area (Å²) in [5, 5.41) is 4.03. The van der Waals surface area contributed by atoms with E-state index in [-0.39, 0.29) is 36.7 Å². The topological polar surface area (TPSA) is 49.4 Å². The van der Waals surface area contributed by atoms with Crippen LogP contribution in [0.4, 0.5) is 0 Å². The van der Waals surface area contributed by atoms with Crippen molar-refractivity contribution in [3.8, 4) is 0 Å². The summed E-state index contributed by atoms with van der Waals surface area (Å²) in [6.07, 6.45) is 1.31. The van der Waals surface area contributed by atoms with E-state index in [2.05, 4.69) is 5.32 Å². The van der Waals surface area contributed by atoms with Crippen LogP contribution in [0.2, 0.25) is 10.0 Å². The highest BCUT2D eigenvalue weighted by Gasteiger charge is 2.33. The third-order valence-corrected chi connectivity index (χ3v) is 8.15. The summed E-state index contributed by atoms with van der Waals surface area (Å²) < 4.78 is 0. The monoisotopic (exact) mass is 586 g/mol. The summed E-state index contributed by atoms with van der Waals surface area (Å²) in [4.78, 5) is 30.0. The Morgan fingerprint density at radius 2 is 1.27 bits per heavy atom. The van der Waals surface area contributed by atoms with E-state index in [0.29, 0.717) is 22.0 Å². The number of amides is 2. The molecular weight excluding hydrogens is 551 g/mol. The number of nitrogens with zero attached hydrogens (tertiary/aromatic N) is 1. The van der Waals surface area contributed by atoms with Gasteiger partial charge >= 0.3 is 0 Å². The van der Waals surface area contributed by atoms with Crippen LogP contribution in [-0.2, 0) is 22.6 Å². The SMILES string of the molecule is CC[C@@H](C)NC(=O)[C@@H](Cc1ccccc1)N(Cc1c(Cl)cccc1Cl)C(=O)CC(c1ccccc1)c1ccccc1. The first kappa shape index (κ1) is 30.4. The molecule has 2 amide bonds. The highest BCUT2D eigenvalue weighted by Crippen LogP contribution is 2.32. The van der Waals surface area contributed by atoms with Gasteiger partial charge in [-0.15, -0.1) is 0 Å². The second-order valence-corrected chi connectivity index (χ2v) is 11.1. The Hall–Kier alpha value is -3.60. The van der Waals surface area contributed by atoms with Crippen molar-refractivity contribution >= 4 is 35.0 Å². The van der Waals surface area contributed by atoms with Gasteiger partial charge in [-0.25, -0.2) is 0 Å². The highest BCUT2D eigenvalue weighted by molar-refractivity contribution is 6.36. The Morgan fingerprint density at radius 3 is 1.78 bits per heavy atom. The summed E-state index contributed by atoms with van der Waals surface area (Å²) >= 11 is 13.2. The number of halogens is 2. The second-order valence-electron chi connectivity index (χ2n) is 10.3. The lowest BCUT2D eigenvalue weighted by molar-refractivity contribution is -0.141. The van der Waals surface area contributed by atoms with Crippen molar-refractivity contribution in [3.05, 3.63) is 141 Å². The van der Waals surface area contributed by atoms with Crippen LogP contribution < -0.4 is 5.32 Å². The summed E-state index contributed by atoms with van der Waals surface area (Å²) in [5.74, 6) is -0.543. The van der Waals surface area contributed by atoms with Crippen LogP contribution in [0.3, 0.4) is 0 Å². The molecule has 0 heterocycles. The Balaban J connectivity index is 1.77. The van der Waals surface area contributed by atoms with Gasteiger partial charge in [-0.1, -0.05) is 127 Å². The number of rotatable bonds is 12. The van der Waals surface area contributed by atoms with Gasteiger partial charge < -0.3 is 10.2 Å². The van der Waals surface area contributed by atoms with Gasteiger partial charge in [-0.3, -0.25) is 9.59 Å². The summed E-state index contributed by atoms with van der Waals surface area (Å²) in [6, 6.07) is 34.3. The van der Waals surface area contributed by atoms with Crippen molar-refractivity contribution in [2.75, 3.05) is 0 Å². The van der Waals surface area contributed by atoms with Gasteiger partial charge in [0.2, 0.25) is 11.8 Å². The van der Waals surface area contributed by atoms with Gasteiger partial charge in [0.05, 0.1) is 0 Å². The lowest BCUT2D eigenvalue weighted by Gasteiger charge is -2.34. The van der Waals surface area contributed by atoms with Gasteiger partial charge in [0.1, 0.15) is 6.04 Å². The van der Waals surface area contributed by atoms with E-state index in [1.807, 2.05) is 105 Å². The second kappa shape index (κ2) is 14.9. The predicted molar refractivity (Wildman–Crippen MR) is 168 cm³/mol. The largest absolute Gasteiger partial charge is 0.352 e. The first-order chi connectivity index (χ1) is 19.9. The number of carbonyl (C=O) groups excluding carboxylic acids is 2. The molecule has 0 fully saturated rings. The maximum absolute atomic E-state index is 14.5. The van der Waals surface area contributed by atoms with Crippen molar-refractivity contribution in [1.29, 1.82) is 0 Å². The molecule has 0 aliphatic carbocycles. The van der Waals surface area contributed by atoms with Crippen LogP contribution >= 0.6 is 23.2 Å². The van der Waals surface area contributed by atoms with Crippen molar-refractivity contribution in [3.63, 3.8) is 0 Å². The van der Waals surface area contributed by atoms with Crippen molar-refractivity contribution < 1.29 is 9.59 Å². The minimum absolute atomic E-state index is 0.0389. The molecule has 0 bridgehead atoms. The maximum atomic E-state index is 14.5. The predicted octanol–water partition coefficient (Wildman–Crippen LogP) is 8.07. The van der Waals surface area contributed by atoms with Crippen LogP contribution in [0, 0.1) is 0 Å². The van der Waals surface area contributed by atoms with Crippen molar-refractivity contribution in [1.82, 2.24) is 10.2 Å². The molecule has 0 aliphatic heterocycles. The molecule has 0 saturated heterocycles. The molecule has 2 atom stereocenters. The Labute approximate surface area is 253 Å². The normalized spacial score (nSPS) is 12.5. The van der Waals surface area contributed by atoms with Gasteiger partial charge in [-0.2, -0.15) is 0 Å². The van der Waals surface area contributed by atoms with E-state index in [1.54, 1.807) is 23.1 Å². The lowest BCUT2D eigenvalue weighted by atomic mass is 9.87. The molecule has 6 heteroatoms. The maximum Gasteiger partial charge on any atom is 0.243 e. The Bertz CT molecular complexity index is 1350. The van der Waals surface area contributed by atoms with Gasteiger partial charge in [-0.05, 0) is 42.2 Å². The molecule has 4 nitrogen and oxygen atoms in total. The molecule has 0 aliphatic rings. The fourth-order valence-electron chi connectivity index (χ4n) is 4.94. The number of benzene rings is 4. The zero-order valence-electron chi connectivity index (χ0n) is 23.5. The number of carbonyl (C=O) groups is 2. The summed E-state index contributed by atoms with van der Waals surface area (Å²) in [6.45, 7) is 4.10. The Morgan fingerprint density at radius 1 is 0.756 bits per heavy atom. The van der Waals surface area contributed by atoms with Crippen LogP contribution in [0.1, 0.15) is 54.9 Å². The molecule has 4 rings (SSSR count). The van der Waals surface area contributed by atoms with Crippen molar-refractivity contribution in [2.45, 2.75) is 57.7 Å². The average Bonchev–Trinajstić information content (AvgIpc) is 3.00. The van der Waals surface area contributed by atoms with E-state index in [1.165, 1.54) is 0 Å². The zero-order valence-corrected chi connectivity index (χ0v) is 25.0. The minimum atomic E-state index is -0.765. The standard InChI is InChI=1S/C35H36Cl2N2O2/c1-3-25(2)38-35(41)33(22-26-14-7-4-8-15-26)39(24-30-31(36)20-13-21-32(30)37)34(40)23-29(27-16-9-5-10-17-27)28-18-11-6-12-19-28/h4-21,25,29,33H,3,22-24H2,1-2H3,(H,38,41)/t25-,33-/m1/s1. The molecule has 0 spiro atoms. The zero-order chi connectivity index (χ0) is 29.2. The summed E-state index contributed by atoms with van der Waals surface area (Å²) in [5.41, 5.74) is 3.65. The molecule has 0 unspecified atom stereocenters. The number of nitrogens with one attached hydrogen (secondary N) is 1. The third-order valence-electron chi connectivity index (χ3n) is 7.44. The molecular formula is C35H36Cl2N2O2. The van der Waals surface area contributed by atoms with Crippen LogP contribution in [-0.4, -0.2) is 28.8 Å². The van der Waals surface area contributed by atoms with Crippen LogP contribution in [0.25, 0.3) is 0 Å². The summed E-state index contributed by atoms with van der Waals surface area (Å²) in [7, 11) is 0. The van der Waals surface area contributed by atoms with E-state index in [9.17, 15) is 9.59 Å². The smallest absolute Gasteiger partial charge is 0.243 e. The molecule has 41 heavy (non-hydrogen) atoms. The van der Waals surface area contributed by atoms with E-state index < -0.39 is 6.04 Å². The molecule has 0 aromatic heterocycles. The van der Waals surface area contributed by atoms with Gasteiger partial charge in [0, 0.05) is 47.0 Å². The first-order valence-electron chi connectivity index (χ1n) is 14.0. The molecule has 212 valence electrons. The molecule has 4 aromatic carbocycles. The lowest BCUT2D eigenvalue weighted by Crippen LogP contribution is -2.52. The van der Waals surface area contributed by atoms with Crippen LogP contribution in [0.15, 0.2) is 109 Å². The molecule has 0 radical (unpaired) electrons. The van der Waals surface area contributed by atoms with E-state index in [4.69, 9.17) is 23.2 Å². The van der Waals surface area contributed by atoms with E-state index in [0.717, 1.165) is 23.1 Å². The van der Waals surface area contributed by atoms with Gasteiger partial charge in [0.15, 0.2) is 0 Å². The fraction of sp³-hybridized carbons (Fsp3) is 0.257. The Kier molecular flexibility index (Phi) is 11.0. The number of hydrogen-bond acceptors (Lipinski definition) is 2. The molecule has 4 aromatic rings. The van der Waals surface area contributed by atoms with Crippen molar-refractivity contribution in [2.24, 2.45) is 0 Å². The fourth-order valence-corrected chi connectivity index (χ4v) is 5.46. The third kappa shape index (κ3) is 8.22. The van der Waals surface area contributed by atoms with Crippen LogP contribution in [0.5, 0.6) is 0 Å². The molecule has 1 N–H and O–H groups in total. The van der Waals surface area contributed by atoms with E-state index >= 15 is 0 Å².